The first-order valence-corrected chi connectivity index (χ1v) is 8.60. The molecule has 0 aromatic heterocycles. The van der Waals surface area contributed by atoms with Crippen molar-refractivity contribution in [2.24, 2.45) is 0 Å². The Morgan fingerprint density at radius 3 is 2.45 bits per heavy atom. The monoisotopic (exact) mass is 399 g/mol. The summed E-state index contributed by atoms with van der Waals surface area (Å²) in [4.78, 5) is 34.9. The molecule has 11 heteroatoms. The van der Waals surface area contributed by atoms with Gasteiger partial charge in [-0.05, 0) is 13.8 Å². The number of sulfone groups is 1. The maximum absolute atomic E-state index is 12.4. The molecule has 2 aliphatic rings. The standard InChI is InChI=1S/C11H14BrNO8S/c1-11(2)6(9(15)20-4-21-10(16)19-3)13-7(14)5(12)8(13)22(11,17)18/h5-6,8H,4H2,1-3H3/t5-,6+,8-/m1/s1. The van der Waals surface area contributed by atoms with Crippen molar-refractivity contribution >= 4 is 43.8 Å². The van der Waals surface area contributed by atoms with Gasteiger partial charge in [0.1, 0.15) is 15.6 Å². The maximum atomic E-state index is 12.4. The number of carbonyl (C=O) groups is 3. The molecule has 0 radical (unpaired) electrons. The van der Waals surface area contributed by atoms with Gasteiger partial charge in [0.05, 0.1) is 7.11 Å². The Morgan fingerprint density at radius 1 is 1.32 bits per heavy atom. The van der Waals surface area contributed by atoms with Gasteiger partial charge in [0.2, 0.25) is 12.7 Å². The molecule has 1 amide bonds. The number of halogens is 1. The van der Waals surface area contributed by atoms with Gasteiger partial charge in [-0.3, -0.25) is 4.79 Å². The molecule has 0 unspecified atom stereocenters. The number of ether oxygens (including phenoxy) is 3. The minimum Gasteiger partial charge on any atom is -0.438 e. The van der Waals surface area contributed by atoms with Crippen LogP contribution in [0.3, 0.4) is 0 Å². The second-order valence-corrected chi connectivity index (χ2v) is 8.88. The van der Waals surface area contributed by atoms with Crippen molar-refractivity contribution in [3.8, 4) is 0 Å². The molecule has 0 spiro atoms. The molecule has 3 atom stereocenters. The highest BCUT2D eigenvalue weighted by atomic mass is 79.9. The van der Waals surface area contributed by atoms with Crippen LogP contribution in [0.5, 0.6) is 0 Å². The minimum atomic E-state index is -3.76. The third-order valence-electron chi connectivity index (χ3n) is 3.77. The zero-order chi connectivity index (χ0) is 16.9. The van der Waals surface area contributed by atoms with Crippen molar-refractivity contribution in [2.45, 2.75) is 34.8 Å². The van der Waals surface area contributed by atoms with Crippen LogP contribution in [0.25, 0.3) is 0 Å². The fourth-order valence-electron chi connectivity index (χ4n) is 2.50. The summed E-state index contributed by atoms with van der Waals surface area (Å²) in [7, 11) is -2.68. The van der Waals surface area contributed by atoms with E-state index in [4.69, 9.17) is 4.74 Å². The van der Waals surface area contributed by atoms with Crippen LogP contribution in [0.4, 0.5) is 4.79 Å². The quantitative estimate of drug-likeness (QED) is 0.276. The van der Waals surface area contributed by atoms with Crippen molar-refractivity contribution in [1.82, 2.24) is 4.90 Å². The number of fused-ring (bicyclic) bond motifs is 1. The summed E-state index contributed by atoms with van der Waals surface area (Å²) in [6.07, 6.45) is -1.05. The van der Waals surface area contributed by atoms with E-state index in [9.17, 15) is 22.8 Å². The summed E-state index contributed by atoms with van der Waals surface area (Å²) in [5, 5.41) is -1.10. The van der Waals surface area contributed by atoms with Gasteiger partial charge < -0.3 is 19.1 Å². The largest absolute Gasteiger partial charge is 0.510 e. The predicted molar refractivity (Wildman–Crippen MR) is 74.6 cm³/mol. The Morgan fingerprint density at radius 2 is 1.91 bits per heavy atom. The lowest BCUT2D eigenvalue weighted by Crippen LogP contribution is -2.64. The van der Waals surface area contributed by atoms with Crippen LogP contribution in [0.2, 0.25) is 0 Å². The number of hydrogen-bond donors (Lipinski definition) is 0. The lowest BCUT2D eigenvalue weighted by molar-refractivity contribution is -0.167. The molecule has 0 aromatic rings. The smallest absolute Gasteiger partial charge is 0.438 e. The molecular formula is C11H14BrNO8S. The second-order valence-electron chi connectivity index (χ2n) is 5.27. The highest BCUT2D eigenvalue weighted by molar-refractivity contribution is 9.10. The molecule has 0 bridgehead atoms. The third kappa shape index (κ3) is 2.18. The molecule has 0 aromatic carbocycles. The number of β-lactam (4-membered cyclic amide) rings is 1. The number of carbonyl (C=O) groups excluding carboxylic acids is 3. The summed E-state index contributed by atoms with van der Waals surface area (Å²) in [5.74, 6) is -1.47. The average molecular weight is 400 g/mol. The number of hydrogen-bond acceptors (Lipinski definition) is 8. The van der Waals surface area contributed by atoms with E-state index >= 15 is 0 Å². The first-order chi connectivity index (χ1) is 10.1. The fraction of sp³-hybridized carbons (Fsp3) is 0.727. The van der Waals surface area contributed by atoms with E-state index in [0.29, 0.717) is 0 Å². The molecule has 22 heavy (non-hydrogen) atoms. The third-order valence-corrected chi connectivity index (χ3v) is 7.84. The number of methoxy groups -OCH3 is 1. The molecular weight excluding hydrogens is 386 g/mol. The molecule has 2 aliphatic heterocycles. The van der Waals surface area contributed by atoms with Crippen LogP contribution in [0, 0.1) is 0 Å². The number of nitrogens with zero attached hydrogens (tertiary/aromatic N) is 1. The summed E-state index contributed by atoms with van der Waals surface area (Å²) < 4.78 is 36.7. The zero-order valence-electron chi connectivity index (χ0n) is 11.9. The second kappa shape index (κ2) is 5.37. The van der Waals surface area contributed by atoms with Gasteiger partial charge in [-0.15, -0.1) is 0 Å². The maximum Gasteiger partial charge on any atom is 0.510 e. The van der Waals surface area contributed by atoms with Crippen LogP contribution in [-0.4, -0.2) is 66.2 Å². The number of rotatable bonds is 3. The number of alkyl halides is 1. The SMILES string of the molecule is COC(=O)OCOC(=O)[C@@H]1N2C(=O)[C@@H](Br)[C@H]2S(=O)(=O)C1(C)C. The highest BCUT2D eigenvalue weighted by Crippen LogP contribution is 2.48. The van der Waals surface area contributed by atoms with Crippen molar-refractivity contribution in [3.63, 3.8) is 0 Å². The molecule has 0 aliphatic carbocycles. The van der Waals surface area contributed by atoms with E-state index in [-0.39, 0.29) is 0 Å². The summed E-state index contributed by atoms with van der Waals surface area (Å²) in [6.45, 7) is 1.96. The fourth-order valence-corrected chi connectivity index (χ4v) is 5.94. The Hall–Kier alpha value is -1.36. The molecule has 0 saturated carbocycles. The van der Waals surface area contributed by atoms with Gasteiger partial charge in [0, 0.05) is 0 Å². The van der Waals surface area contributed by atoms with E-state index in [1.807, 2.05) is 0 Å². The van der Waals surface area contributed by atoms with E-state index < -0.39 is 55.7 Å². The van der Waals surface area contributed by atoms with Crippen molar-refractivity contribution in [1.29, 1.82) is 0 Å². The Labute approximate surface area is 134 Å². The molecule has 124 valence electrons. The molecule has 2 heterocycles. The van der Waals surface area contributed by atoms with Crippen molar-refractivity contribution < 1.29 is 37.0 Å². The van der Waals surface area contributed by atoms with Crippen LogP contribution in [0.1, 0.15) is 13.8 Å². The lowest BCUT2D eigenvalue weighted by atomic mass is 9.98. The van der Waals surface area contributed by atoms with Gasteiger partial charge in [-0.25, -0.2) is 18.0 Å². The molecule has 9 nitrogen and oxygen atoms in total. The normalized spacial score (nSPS) is 31.0. The van der Waals surface area contributed by atoms with Crippen LogP contribution >= 0.6 is 15.9 Å². The van der Waals surface area contributed by atoms with E-state index in [2.05, 4.69) is 25.4 Å². The summed E-state index contributed by atoms with van der Waals surface area (Å²) >= 11 is 3.01. The topological polar surface area (TPSA) is 116 Å². The molecule has 2 saturated heterocycles. The first kappa shape index (κ1) is 17.0. The van der Waals surface area contributed by atoms with Crippen LogP contribution in [-0.2, 0) is 33.6 Å². The predicted octanol–water partition coefficient (Wildman–Crippen LogP) is -0.223. The van der Waals surface area contributed by atoms with Crippen LogP contribution < -0.4 is 0 Å². The number of esters is 1. The Bertz CT molecular complexity index is 630. The Balaban J connectivity index is 2.18. The van der Waals surface area contributed by atoms with Gasteiger partial charge >= 0.3 is 12.1 Å². The highest BCUT2D eigenvalue weighted by Gasteiger charge is 2.71. The average Bonchev–Trinajstić information content (AvgIpc) is 2.59. The van der Waals surface area contributed by atoms with Crippen molar-refractivity contribution in [3.05, 3.63) is 0 Å². The molecule has 2 fully saturated rings. The minimum absolute atomic E-state index is 0.505. The van der Waals surface area contributed by atoms with Gasteiger partial charge in [-0.2, -0.15) is 0 Å². The lowest BCUT2D eigenvalue weighted by Gasteiger charge is -2.40. The van der Waals surface area contributed by atoms with E-state index in [1.165, 1.54) is 13.8 Å². The summed E-state index contributed by atoms with van der Waals surface area (Å²) in [6, 6.07) is -1.30. The van der Waals surface area contributed by atoms with E-state index in [0.717, 1.165) is 12.0 Å². The van der Waals surface area contributed by atoms with Crippen LogP contribution in [0.15, 0.2) is 0 Å². The van der Waals surface area contributed by atoms with Gasteiger partial charge in [0.25, 0.3) is 0 Å². The first-order valence-electron chi connectivity index (χ1n) is 6.14. The van der Waals surface area contributed by atoms with Gasteiger partial charge in [0.15, 0.2) is 15.2 Å². The molecule has 2 rings (SSSR count). The zero-order valence-corrected chi connectivity index (χ0v) is 14.3. The van der Waals surface area contributed by atoms with Gasteiger partial charge in [-0.1, -0.05) is 15.9 Å². The van der Waals surface area contributed by atoms with E-state index in [1.54, 1.807) is 0 Å². The summed E-state index contributed by atoms with van der Waals surface area (Å²) in [5.41, 5.74) is 0. The number of amides is 1. The molecule has 0 N–H and O–H groups in total. The van der Waals surface area contributed by atoms with Crippen molar-refractivity contribution in [2.75, 3.05) is 13.9 Å². The Kier molecular flexibility index (Phi) is 4.15.